The molecule has 1 aliphatic heterocycles. The Labute approximate surface area is 192 Å². The zero-order chi connectivity index (χ0) is 22.1. The number of piperazine rings is 1. The quantitative estimate of drug-likeness (QED) is 0.698. The van der Waals surface area contributed by atoms with Gasteiger partial charge in [-0.3, -0.25) is 4.79 Å². The van der Waals surface area contributed by atoms with E-state index in [1.54, 1.807) is 6.33 Å². The molecule has 0 spiro atoms. The van der Waals surface area contributed by atoms with Gasteiger partial charge >= 0.3 is 0 Å². The Morgan fingerprint density at radius 2 is 1.87 bits per heavy atom. The maximum atomic E-state index is 13.5. The smallest absolute Gasteiger partial charge is 0.231 e. The van der Waals surface area contributed by atoms with Crippen LogP contribution in [-0.2, 0) is 4.79 Å². The van der Waals surface area contributed by atoms with Crippen LogP contribution in [0.1, 0.15) is 48.1 Å². The van der Waals surface area contributed by atoms with E-state index in [2.05, 4.69) is 42.6 Å². The van der Waals surface area contributed by atoms with E-state index < -0.39 is 6.10 Å². The molecule has 1 amide bonds. The SMILES string of the molecule is C[C@@H]1C[C@@H](O)c2ncnc(N3CCN(C(=O)[C@H](CN(C)C)c4ccc(Br)cc4)CC3)c21. The number of aliphatic hydroxyl groups excluding tert-OH is 1. The van der Waals surface area contributed by atoms with Crippen LogP contribution >= 0.6 is 15.9 Å². The van der Waals surface area contributed by atoms with Crippen LogP contribution in [0, 0.1) is 0 Å². The lowest BCUT2D eigenvalue weighted by Gasteiger charge is -2.38. The number of rotatable bonds is 5. The van der Waals surface area contributed by atoms with Gasteiger partial charge in [0.1, 0.15) is 12.1 Å². The molecular formula is C23H30BrN5O2. The fourth-order valence-corrected chi connectivity index (χ4v) is 4.96. The summed E-state index contributed by atoms with van der Waals surface area (Å²) in [6, 6.07) is 8.05. The number of hydrogen-bond acceptors (Lipinski definition) is 6. The number of benzene rings is 1. The number of likely N-dealkylation sites (N-methyl/N-ethyl adjacent to an activating group) is 1. The minimum Gasteiger partial charge on any atom is -0.387 e. The topological polar surface area (TPSA) is 72.8 Å². The van der Waals surface area contributed by atoms with Gasteiger partial charge in [-0.2, -0.15) is 0 Å². The van der Waals surface area contributed by atoms with Crippen LogP contribution in [0.15, 0.2) is 35.1 Å². The molecule has 4 rings (SSSR count). The lowest BCUT2D eigenvalue weighted by Crippen LogP contribution is -2.51. The Morgan fingerprint density at radius 1 is 1.19 bits per heavy atom. The molecule has 0 radical (unpaired) electrons. The van der Waals surface area contributed by atoms with Crippen LogP contribution in [0.3, 0.4) is 0 Å². The molecule has 2 aromatic rings. The molecule has 1 saturated heterocycles. The van der Waals surface area contributed by atoms with Crippen LogP contribution in [0.25, 0.3) is 0 Å². The van der Waals surface area contributed by atoms with E-state index in [9.17, 15) is 9.90 Å². The van der Waals surface area contributed by atoms with Gasteiger partial charge in [0.15, 0.2) is 0 Å². The minimum absolute atomic E-state index is 0.173. The van der Waals surface area contributed by atoms with E-state index in [0.29, 0.717) is 26.1 Å². The molecule has 1 aromatic carbocycles. The van der Waals surface area contributed by atoms with Gasteiger partial charge in [-0.1, -0.05) is 35.0 Å². The van der Waals surface area contributed by atoms with E-state index in [0.717, 1.165) is 40.2 Å². The van der Waals surface area contributed by atoms with E-state index >= 15 is 0 Å². The molecule has 1 aromatic heterocycles. The highest BCUT2D eigenvalue weighted by molar-refractivity contribution is 9.10. The first-order chi connectivity index (χ1) is 14.8. The first-order valence-corrected chi connectivity index (χ1v) is 11.6. The van der Waals surface area contributed by atoms with Crippen LogP contribution in [-0.4, -0.2) is 77.6 Å². The summed E-state index contributed by atoms with van der Waals surface area (Å²) in [6.07, 6.45) is 1.74. The molecule has 31 heavy (non-hydrogen) atoms. The normalized spacial score (nSPS) is 22.0. The summed E-state index contributed by atoms with van der Waals surface area (Å²) in [6.45, 7) is 5.57. The second kappa shape index (κ2) is 9.22. The fourth-order valence-electron chi connectivity index (χ4n) is 4.70. The number of carbonyl (C=O) groups excluding carboxylic acids is 1. The minimum atomic E-state index is -0.507. The van der Waals surface area contributed by atoms with Crippen LogP contribution in [0.5, 0.6) is 0 Å². The molecule has 2 heterocycles. The molecule has 1 aliphatic carbocycles. The Bertz CT molecular complexity index is 928. The molecule has 2 aliphatic rings. The molecule has 0 bridgehead atoms. The van der Waals surface area contributed by atoms with E-state index in [1.807, 2.05) is 43.3 Å². The van der Waals surface area contributed by atoms with Crippen LogP contribution in [0.4, 0.5) is 5.82 Å². The number of halogens is 1. The summed E-state index contributed by atoms with van der Waals surface area (Å²) in [7, 11) is 4.00. The molecule has 0 saturated carbocycles. The van der Waals surface area contributed by atoms with Crippen molar-refractivity contribution in [3.05, 3.63) is 51.9 Å². The Hall–Kier alpha value is -2.03. The lowest BCUT2D eigenvalue weighted by molar-refractivity contribution is -0.133. The van der Waals surface area contributed by atoms with Gasteiger partial charge in [0.2, 0.25) is 5.91 Å². The largest absolute Gasteiger partial charge is 0.387 e. The molecule has 3 atom stereocenters. The summed E-state index contributed by atoms with van der Waals surface area (Å²) in [5, 5.41) is 10.3. The summed E-state index contributed by atoms with van der Waals surface area (Å²) in [5.74, 6) is 1.14. The first-order valence-electron chi connectivity index (χ1n) is 10.8. The number of aliphatic hydroxyl groups is 1. The van der Waals surface area contributed by atoms with Crippen LogP contribution < -0.4 is 4.90 Å². The molecular weight excluding hydrogens is 458 g/mol. The number of nitrogens with zero attached hydrogens (tertiary/aromatic N) is 5. The molecule has 166 valence electrons. The second-order valence-corrected chi connectivity index (χ2v) is 9.74. The van der Waals surface area contributed by atoms with Crippen molar-refractivity contribution in [2.45, 2.75) is 31.3 Å². The van der Waals surface area contributed by atoms with E-state index in [4.69, 9.17) is 0 Å². The fraction of sp³-hybridized carbons (Fsp3) is 0.522. The number of aromatic nitrogens is 2. The van der Waals surface area contributed by atoms with Crippen LogP contribution in [0.2, 0.25) is 0 Å². The van der Waals surface area contributed by atoms with Crippen molar-refractivity contribution in [2.75, 3.05) is 51.7 Å². The van der Waals surface area contributed by atoms with Crippen molar-refractivity contribution in [2.24, 2.45) is 0 Å². The highest BCUT2D eigenvalue weighted by Gasteiger charge is 2.35. The zero-order valence-corrected chi connectivity index (χ0v) is 19.9. The van der Waals surface area contributed by atoms with Gasteiger partial charge in [0.25, 0.3) is 0 Å². The average molecular weight is 488 g/mol. The predicted molar refractivity (Wildman–Crippen MR) is 124 cm³/mol. The molecule has 1 N–H and O–H groups in total. The Kier molecular flexibility index (Phi) is 6.60. The van der Waals surface area contributed by atoms with Crippen molar-refractivity contribution in [3.63, 3.8) is 0 Å². The maximum absolute atomic E-state index is 13.5. The second-order valence-electron chi connectivity index (χ2n) is 8.83. The summed E-state index contributed by atoms with van der Waals surface area (Å²) in [5.41, 5.74) is 2.87. The number of fused-ring (bicyclic) bond motifs is 1. The van der Waals surface area contributed by atoms with Crippen molar-refractivity contribution >= 4 is 27.7 Å². The van der Waals surface area contributed by atoms with Crippen molar-refractivity contribution in [1.82, 2.24) is 19.8 Å². The Balaban J connectivity index is 1.48. The van der Waals surface area contributed by atoms with Crippen molar-refractivity contribution < 1.29 is 9.90 Å². The highest BCUT2D eigenvalue weighted by atomic mass is 79.9. The molecule has 8 heteroatoms. The van der Waals surface area contributed by atoms with Gasteiger partial charge in [0.05, 0.1) is 17.7 Å². The van der Waals surface area contributed by atoms with E-state index in [1.165, 1.54) is 0 Å². The highest BCUT2D eigenvalue weighted by Crippen LogP contribution is 2.42. The summed E-state index contributed by atoms with van der Waals surface area (Å²) in [4.78, 5) is 28.6. The van der Waals surface area contributed by atoms with Crippen molar-refractivity contribution in [3.8, 4) is 0 Å². The number of hydrogen-bond donors (Lipinski definition) is 1. The third-order valence-electron chi connectivity index (χ3n) is 6.29. The molecule has 0 unspecified atom stereocenters. The van der Waals surface area contributed by atoms with Gasteiger partial charge in [-0.25, -0.2) is 9.97 Å². The number of anilines is 1. The summed E-state index contributed by atoms with van der Waals surface area (Å²) < 4.78 is 1.01. The predicted octanol–water partition coefficient (Wildman–Crippen LogP) is 2.77. The third-order valence-corrected chi connectivity index (χ3v) is 6.82. The third kappa shape index (κ3) is 4.61. The first kappa shape index (κ1) is 22.2. The Morgan fingerprint density at radius 3 is 2.52 bits per heavy atom. The zero-order valence-electron chi connectivity index (χ0n) is 18.3. The van der Waals surface area contributed by atoms with E-state index in [-0.39, 0.29) is 17.7 Å². The monoisotopic (exact) mass is 487 g/mol. The molecule has 1 fully saturated rings. The van der Waals surface area contributed by atoms with Gasteiger partial charge in [-0.05, 0) is 44.1 Å². The lowest BCUT2D eigenvalue weighted by atomic mass is 9.96. The number of amides is 1. The van der Waals surface area contributed by atoms with Crippen molar-refractivity contribution in [1.29, 1.82) is 0 Å². The van der Waals surface area contributed by atoms with Gasteiger partial charge in [-0.15, -0.1) is 0 Å². The average Bonchev–Trinajstić information content (AvgIpc) is 3.06. The number of carbonyl (C=O) groups is 1. The standard InChI is InChI=1S/C23H30BrN5O2/c1-15-12-19(30)21-20(15)22(26-14-25-21)28-8-10-29(11-9-28)23(31)18(13-27(2)3)16-4-6-17(24)7-5-16/h4-7,14-15,18-19,30H,8-13H2,1-3H3/t15-,18-,19-/m1/s1. The van der Waals surface area contributed by atoms with Gasteiger partial charge in [0, 0.05) is 42.8 Å². The maximum Gasteiger partial charge on any atom is 0.231 e. The summed E-state index contributed by atoms with van der Waals surface area (Å²) >= 11 is 3.48. The molecule has 7 nitrogen and oxygen atoms in total. The van der Waals surface area contributed by atoms with Gasteiger partial charge < -0.3 is 19.8 Å².